The average Bonchev–Trinajstić information content (AvgIpc) is 3.08. The number of aryl methyl sites for hydroxylation is 1. The second-order valence-electron chi connectivity index (χ2n) is 6.51. The van der Waals surface area contributed by atoms with Crippen LogP contribution in [-0.2, 0) is 17.8 Å². The maximum atomic E-state index is 12.7. The van der Waals surface area contributed by atoms with Gasteiger partial charge in [-0.1, -0.05) is 48.5 Å². The molecule has 0 aliphatic rings. The van der Waals surface area contributed by atoms with E-state index in [2.05, 4.69) is 27.4 Å². The van der Waals surface area contributed by atoms with Crippen LogP contribution in [-0.4, -0.2) is 27.0 Å². The van der Waals surface area contributed by atoms with Crippen molar-refractivity contribution in [2.75, 3.05) is 6.54 Å². The molecule has 2 N–H and O–H groups in total. The van der Waals surface area contributed by atoms with Crippen LogP contribution >= 0.6 is 0 Å². The van der Waals surface area contributed by atoms with E-state index in [9.17, 15) is 9.59 Å². The number of aromatic nitrogens is 3. The Hall–Kier alpha value is -3.41. The first-order chi connectivity index (χ1) is 13.2. The minimum atomic E-state index is -0.240. The molecule has 6 nitrogen and oxygen atoms in total. The quantitative estimate of drug-likeness (QED) is 0.519. The summed E-state index contributed by atoms with van der Waals surface area (Å²) in [5, 5.41) is 3.77. The van der Waals surface area contributed by atoms with Gasteiger partial charge in [-0.25, -0.2) is 4.98 Å². The van der Waals surface area contributed by atoms with E-state index in [-0.39, 0.29) is 18.0 Å². The van der Waals surface area contributed by atoms with Crippen LogP contribution in [0.3, 0.4) is 0 Å². The standard InChI is InChI=1S/C21H20N4O2/c26-18(22-12-6-9-15-7-2-1-3-8-15)13-25-14-23-19-16-10-4-5-11-17(16)24-20(19)21(25)27/h1-5,7-8,10-11,14,24H,6,9,12-13H2,(H,22,26). The van der Waals surface area contributed by atoms with Gasteiger partial charge in [-0.3, -0.25) is 14.2 Å². The molecule has 27 heavy (non-hydrogen) atoms. The number of rotatable bonds is 6. The van der Waals surface area contributed by atoms with Gasteiger partial charge in [0.05, 0.1) is 6.33 Å². The second kappa shape index (κ2) is 7.45. The lowest BCUT2D eigenvalue weighted by atomic mass is 10.1. The van der Waals surface area contributed by atoms with E-state index in [0.717, 1.165) is 23.7 Å². The molecule has 0 radical (unpaired) electrons. The number of nitrogens with one attached hydrogen (secondary N) is 2. The van der Waals surface area contributed by atoms with Gasteiger partial charge in [-0.05, 0) is 24.5 Å². The summed E-state index contributed by atoms with van der Waals surface area (Å²) in [6, 6.07) is 17.8. The Labute approximate surface area is 155 Å². The van der Waals surface area contributed by atoms with E-state index in [1.54, 1.807) is 0 Å². The summed E-state index contributed by atoms with van der Waals surface area (Å²) < 4.78 is 1.34. The summed E-state index contributed by atoms with van der Waals surface area (Å²) in [6.07, 6.45) is 3.20. The number of fused-ring (bicyclic) bond motifs is 3. The van der Waals surface area contributed by atoms with Crippen LogP contribution in [0.4, 0.5) is 0 Å². The van der Waals surface area contributed by atoms with Crippen LogP contribution in [0.25, 0.3) is 21.9 Å². The van der Waals surface area contributed by atoms with Crippen molar-refractivity contribution in [1.82, 2.24) is 19.9 Å². The van der Waals surface area contributed by atoms with Crippen LogP contribution in [0.2, 0.25) is 0 Å². The third-order valence-corrected chi connectivity index (χ3v) is 4.60. The van der Waals surface area contributed by atoms with Gasteiger partial charge in [0.15, 0.2) is 0 Å². The zero-order valence-electron chi connectivity index (χ0n) is 14.8. The first-order valence-corrected chi connectivity index (χ1v) is 8.99. The molecule has 0 atom stereocenters. The highest BCUT2D eigenvalue weighted by Crippen LogP contribution is 2.20. The zero-order valence-corrected chi connectivity index (χ0v) is 14.8. The van der Waals surface area contributed by atoms with Crippen molar-refractivity contribution in [2.24, 2.45) is 0 Å². The van der Waals surface area contributed by atoms with Crippen molar-refractivity contribution in [3.05, 3.63) is 76.8 Å². The number of hydrogen-bond donors (Lipinski definition) is 2. The molecule has 6 heteroatoms. The molecule has 2 heterocycles. The Morgan fingerprint density at radius 2 is 1.85 bits per heavy atom. The van der Waals surface area contributed by atoms with Crippen molar-refractivity contribution in [3.8, 4) is 0 Å². The molecule has 136 valence electrons. The number of carbonyl (C=O) groups excluding carboxylic acids is 1. The number of benzene rings is 2. The summed E-state index contributed by atoms with van der Waals surface area (Å²) in [6.45, 7) is 0.535. The van der Waals surface area contributed by atoms with Crippen molar-refractivity contribution in [1.29, 1.82) is 0 Å². The van der Waals surface area contributed by atoms with Crippen LogP contribution in [0, 0.1) is 0 Å². The van der Waals surface area contributed by atoms with Gasteiger partial charge < -0.3 is 10.3 Å². The van der Waals surface area contributed by atoms with Crippen LogP contribution in [0.15, 0.2) is 65.7 Å². The first kappa shape index (κ1) is 17.0. The number of nitrogens with zero attached hydrogens (tertiary/aromatic N) is 2. The maximum absolute atomic E-state index is 12.7. The predicted molar refractivity (Wildman–Crippen MR) is 106 cm³/mol. The lowest BCUT2D eigenvalue weighted by Crippen LogP contribution is -2.33. The fourth-order valence-electron chi connectivity index (χ4n) is 3.23. The molecule has 0 saturated heterocycles. The lowest BCUT2D eigenvalue weighted by Gasteiger charge is -2.07. The number of amides is 1. The smallest absolute Gasteiger partial charge is 0.278 e. The molecule has 4 aromatic rings. The van der Waals surface area contributed by atoms with Gasteiger partial charge in [-0.15, -0.1) is 0 Å². The van der Waals surface area contributed by atoms with Crippen molar-refractivity contribution >= 4 is 27.8 Å². The SMILES string of the molecule is O=C(Cn1cnc2c([nH]c3ccccc32)c1=O)NCCCc1ccccc1. The summed E-state index contributed by atoms with van der Waals surface area (Å²) in [5.41, 5.74) is 2.93. The third kappa shape index (κ3) is 3.60. The molecule has 4 rings (SSSR count). The monoisotopic (exact) mass is 360 g/mol. The van der Waals surface area contributed by atoms with Crippen molar-refractivity contribution in [2.45, 2.75) is 19.4 Å². The topological polar surface area (TPSA) is 79.8 Å². The van der Waals surface area contributed by atoms with Crippen molar-refractivity contribution in [3.63, 3.8) is 0 Å². The van der Waals surface area contributed by atoms with E-state index >= 15 is 0 Å². The largest absolute Gasteiger partial charge is 0.355 e. The molecule has 0 fully saturated rings. The molecular weight excluding hydrogens is 340 g/mol. The zero-order chi connectivity index (χ0) is 18.6. The molecule has 0 spiro atoms. The van der Waals surface area contributed by atoms with Crippen LogP contribution < -0.4 is 10.9 Å². The normalized spacial score (nSPS) is 11.1. The van der Waals surface area contributed by atoms with Gasteiger partial charge in [-0.2, -0.15) is 0 Å². The fourth-order valence-corrected chi connectivity index (χ4v) is 3.23. The summed E-state index contributed by atoms with van der Waals surface area (Å²) in [7, 11) is 0. The van der Waals surface area contributed by atoms with Gasteiger partial charge in [0.1, 0.15) is 17.6 Å². The Kier molecular flexibility index (Phi) is 4.70. The number of hydrogen-bond acceptors (Lipinski definition) is 3. The third-order valence-electron chi connectivity index (χ3n) is 4.60. The van der Waals surface area contributed by atoms with E-state index in [1.165, 1.54) is 16.5 Å². The van der Waals surface area contributed by atoms with E-state index in [1.807, 2.05) is 42.5 Å². The number of aromatic amines is 1. The Balaban J connectivity index is 1.40. The number of para-hydroxylation sites is 1. The molecule has 0 aliphatic carbocycles. The molecule has 0 bridgehead atoms. The average molecular weight is 360 g/mol. The molecular formula is C21H20N4O2. The highest BCUT2D eigenvalue weighted by molar-refractivity contribution is 6.04. The predicted octanol–water partition coefficient (Wildman–Crippen LogP) is 2.63. The number of H-pyrrole nitrogens is 1. The lowest BCUT2D eigenvalue weighted by molar-refractivity contribution is -0.121. The summed E-state index contributed by atoms with van der Waals surface area (Å²) in [5.74, 6) is -0.192. The van der Waals surface area contributed by atoms with Gasteiger partial charge in [0.25, 0.3) is 5.56 Å². The minimum Gasteiger partial charge on any atom is -0.355 e. The highest BCUT2D eigenvalue weighted by Gasteiger charge is 2.12. The van der Waals surface area contributed by atoms with E-state index in [4.69, 9.17) is 0 Å². The molecule has 0 saturated carbocycles. The second-order valence-corrected chi connectivity index (χ2v) is 6.51. The molecule has 1 amide bonds. The molecule has 2 aromatic carbocycles. The van der Waals surface area contributed by atoms with Crippen LogP contribution in [0.1, 0.15) is 12.0 Å². The van der Waals surface area contributed by atoms with Gasteiger partial charge in [0, 0.05) is 17.4 Å². The fraction of sp³-hybridized carbons (Fsp3) is 0.190. The Morgan fingerprint density at radius 3 is 2.70 bits per heavy atom. The first-order valence-electron chi connectivity index (χ1n) is 8.99. The summed E-state index contributed by atoms with van der Waals surface area (Å²) in [4.78, 5) is 32.3. The van der Waals surface area contributed by atoms with E-state index < -0.39 is 0 Å². The molecule has 0 unspecified atom stereocenters. The Bertz CT molecular complexity index is 1150. The molecule has 0 aliphatic heterocycles. The van der Waals surface area contributed by atoms with E-state index in [0.29, 0.717) is 17.6 Å². The summed E-state index contributed by atoms with van der Waals surface area (Å²) >= 11 is 0. The Morgan fingerprint density at radius 1 is 1.07 bits per heavy atom. The number of carbonyl (C=O) groups is 1. The molecule has 2 aromatic heterocycles. The van der Waals surface area contributed by atoms with Gasteiger partial charge >= 0.3 is 0 Å². The van der Waals surface area contributed by atoms with Crippen molar-refractivity contribution < 1.29 is 4.79 Å². The minimum absolute atomic E-state index is 0.0392. The highest BCUT2D eigenvalue weighted by atomic mass is 16.2. The van der Waals surface area contributed by atoms with Gasteiger partial charge in [0.2, 0.25) is 5.91 Å². The van der Waals surface area contributed by atoms with Crippen LogP contribution in [0.5, 0.6) is 0 Å². The maximum Gasteiger partial charge on any atom is 0.278 e.